The number of rotatable bonds is 10. The number of hydrogen-bond donors (Lipinski definition) is 3. The first-order valence-electron chi connectivity index (χ1n) is 9.89. The highest BCUT2D eigenvalue weighted by atomic mass is 32.1. The normalized spacial score (nSPS) is 10.2. The van der Waals surface area contributed by atoms with Crippen LogP contribution in [0.3, 0.4) is 0 Å². The van der Waals surface area contributed by atoms with Gasteiger partial charge in [-0.05, 0) is 45.0 Å². The molecular formula is C21H27N3O6S. The second-order valence-electron chi connectivity index (χ2n) is 6.18. The zero-order valence-electron chi connectivity index (χ0n) is 18.0. The molecule has 0 fully saturated rings. The number of thiophene rings is 1. The Balaban J connectivity index is 2.10. The average Bonchev–Trinajstić information content (AvgIpc) is 3.22. The van der Waals surface area contributed by atoms with E-state index in [1.807, 2.05) is 20.8 Å². The molecule has 0 spiro atoms. The van der Waals surface area contributed by atoms with Gasteiger partial charge in [-0.1, -0.05) is 0 Å². The molecule has 3 N–H and O–H groups in total. The number of ether oxygens (including phenoxy) is 3. The van der Waals surface area contributed by atoms with Gasteiger partial charge in [0.25, 0.3) is 11.8 Å². The van der Waals surface area contributed by atoms with Gasteiger partial charge in [0.1, 0.15) is 0 Å². The van der Waals surface area contributed by atoms with Crippen molar-refractivity contribution in [2.45, 2.75) is 34.2 Å². The maximum absolute atomic E-state index is 12.6. The minimum absolute atomic E-state index is 0.153. The van der Waals surface area contributed by atoms with Gasteiger partial charge in [0.15, 0.2) is 11.5 Å². The number of hydrogen-bond acceptors (Lipinski definition) is 7. The van der Waals surface area contributed by atoms with Crippen LogP contribution >= 0.6 is 11.3 Å². The molecule has 0 radical (unpaired) electrons. The lowest BCUT2D eigenvalue weighted by Crippen LogP contribution is -2.41. The predicted molar refractivity (Wildman–Crippen MR) is 117 cm³/mol. The topological polar surface area (TPSA) is 115 Å². The van der Waals surface area contributed by atoms with Crippen molar-refractivity contribution < 1.29 is 28.6 Å². The van der Waals surface area contributed by atoms with Crippen molar-refractivity contribution in [1.29, 1.82) is 0 Å². The molecule has 0 unspecified atom stereocenters. The Morgan fingerprint density at radius 1 is 0.871 bits per heavy atom. The van der Waals surface area contributed by atoms with Crippen LogP contribution in [0.2, 0.25) is 0 Å². The summed E-state index contributed by atoms with van der Waals surface area (Å²) in [5.74, 6) is 0.0407. The minimum atomic E-state index is -0.534. The Hall–Kier alpha value is -3.27. The quantitative estimate of drug-likeness (QED) is 0.481. The smallest absolute Gasteiger partial charge is 0.279 e. The highest BCUT2D eigenvalue weighted by Gasteiger charge is 2.19. The molecule has 9 nitrogen and oxygen atoms in total. The van der Waals surface area contributed by atoms with Crippen LogP contribution in [0.25, 0.3) is 0 Å². The summed E-state index contributed by atoms with van der Waals surface area (Å²) >= 11 is 1.22. The van der Waals surface area contributed by atoms with Crippen molar-refractivity contribution in [3.8, 4) is 17.2 Å². The first-order chi connectivity index (χ1) is 14.9. The van der Waals surface area contributed by atoms with Gasteiger partial charge in [-0.15, -0.1) is 11.3 Å². The van der Waals surface area contributed by atoms with E-state index in [4.69, 9.17) is 14.2 Å². The van der Waals surface area contributed by atoms with Crippen LogP contribution in [-0.2, 0) is 11.3 Å². The molecule has 1 aromatic heterocycles. The minimum Gasteiger partial charge on any atom is -0.490 e. The SMILES string of the molecule is CCOc1cc(C(=O)NNC(=O)c2ccc(CNC(C)=O)s2)cc(OCC)c1OCC. The number of benzene rings is 1. The van der Waals surface area contributed by atoms with Gasteiger partial charge in [0, 0.05) is 17.4 Å². The number of hydrazine groups is 1. The summed E-state index contributed by atoms with van der Waals surface area (Å²) in [6.45, 7) is 8.42. The van der Waals surface area contributed by atoms with E-state index in [9.17, 15) is 14.4 Å². The van der Waals surface area contributed by atoms with E-state index < -0.39 is 11.8 Å². The van der Waals surface area contributed by atoms with Gasteiger partial charge in [-0.2, -0.15) is 0 Å². The van der Waals surface area contributed by atoms with Crippen molar-refractivity contribution in [3.05, 3.63) is 39.6 Å². The zero-order valence-corrected chi connectivity index (χ0v) is 18.8. The highest BCUT2D eigenvalue weighted by molar-refractivity contribution is 7.14. The molecule has 0 aliphatic heterocycles. The summed E-state index contributed by atoms with van der Waals surface area (Å²) < 4.78 is 16.8. The van der Waals surface area contributed by atoms with Crippen LogP contribution in [0.4, 0.5) is 0 Å². The molecule has 0 aliphatic carbocycles. The Morgan fingerprint density at radius 3 is 2.00 bits per heavy atom. The molecule has 2 rings (SSSR count). The zero-order chi connectivity index (χ0) is 22.8. The van der Waals surface area contributed by atoms with Gasteiger partial charge in [-0.3, -0.25) is 25.2 Å². The molecule has 168 valence electrons. The third-order valence-electron chi connectivity index (χ3n) is 3.86. The molecule has 10 heteroatoms. The van der Waals surface area contributed by atoms with Crippen molar-refractivity contribution in [2.24, 2.45) is 0 Å². The fraction of sp³-hybridized carbons (Fsp3) is 0.381. The number of carbonyl (C=O) groups is 3. The van der Waals surface area contributed by atoms with Crippen LogP contribution in [0.1, 0.15) is 52.6 Å². The lowest BCUT2D eigenvalue weighted by Gasteiger charge is -2.17. The molecule has 0 saturated heterocycles. The van der Waals surface area contributed by atoms with E-state index in [0.29, 0.717) is 48.5 Å². The fourth-order valence-corrected chi connectivity index (χ4v) is 3.42. The molecule has 0 atom stereocenters. The second kappa shape index (κ2) is 11.8. The van der Waals surface area contributed by atoms with E-state index in [0.717, 1.165) is 4.88 Å². The van der Waals surface area contributed by atoms with Crippen LogP contribution in [0.15, 0.2) is 24.3 Å². The summed E-state index contributed by atoms with van der Waals surface area (Å²) in [7, 11) is 0. The number of carbonyl (C=O) groups excluding carboxylic acids is 3. The summed E-state index contributed by atoms with van der Waals surface area (Å²) in [5, 5.41) is 2.67. The largest absolute Gasteiger partial charge is 0.490 e. The molecule has 0 saturated carbocycles. The Morgan fingerprint density at radius 2 is 1.45 bits per heavy atom. The lowest BCUT2D eigenvalue weighted by atomic mass is 10.1. The molecule has 0 aliphatic rings. The Labute approximate surface area is 185 Å². The molecule has 2 aromatic rings. The molecule has 1 heterocycles. The average molecular weight is 450 g/mol. The van der Waals surface area contributed by atoms with E-state index >= 15 is 0 Å². The molecule has 1 aromatic carbocycles. The molecular weight excluding hydrogens is 422 g/mol. The fourth-order valence-electron chi connectivity index (χ4n) is 2.57. The summed E-state index contributed by atoms with van der Waals surface area (Å²) in [4.78, 5) is 37.2. The Kier molecular flexibility index (Phi) is 9.13. The van der Waals surface area contributed by atoms with Gasteiger partial charge in [0.2, 0.25) is 11.7 Å². The maximum Gasteiger partial charge on any atom is 0.279 e. The Bertz CT molecular complexity index is 901. The first kappa shape index (κ1) is 24.0. The molecule has 3 amide bonds. The van der Waals surface area contributed by atoms with Gasteiger partial charge in [0.05, 0.1) is 31.2 Å². The van der Waals surface area contributed by atoms with Crippen LogP contribution in [0.5, 0.6) is 17.2 Å². The molecule has 0 bridgehead atoms. The van der Waals surface area contributed by atoms with Gasteiger partial charge < -0.3 is 19.5 Å². The molecule has 31 heavy (non-hydrogen) atoms. The van der Waals surface area contributed by atoms with Crippen LogP contribution in [-0.4, -0.2) is 37.5 Å². The summed E-state index contributed by atoms with van der Waals surface area (Å²) in [6, 6.07) is 6.44. The van der Waals surface area contributed by atoms with Crippen molar-refractivity contribution >= 4 is 29.1 Å². The van der Waals surface area contributed by atoms with Crippen molar-refractivity contribution in [2.75, 3.05) is 19.8 Å². The second-order valence-corrected chi connectivity index (χ2v) is 7.35. The van der Waals surface area contributed by atoms with Crippen LogP contribution < -0.4 is 30.4 Å². The third kappa shape index (κ3) is 6.88. The predicted octanol–water partition coefficient (Wildman–Crippen LogP) is 2.66. The maximum atomic E-state index is 12.6. The third-order valence-corrected chi connectivity index (χ3v) is 4.94. The van der Waals surface area contributed by atoms with E-state index in [-0.39, 0.29) is 11.5 Å². The lowest BCUT2D eigenvalue weighted by molar-refractivity contribution is -0.119. The highest BCUT2D eigenvalue weighted by Crippen LogP contribution is 2.39. The summed E-state index contributed by atoms with van der Waals surface area (Å²) in [6.07, 6.45) is 0. The van der Waals surface area contributed by atoms with Crippen LogP contribution in [0, 0.1) is 0 Å². The van der Waals surface area contributed by atoms with Gasteiger partial charge >= 0.3 is 0 Å². The van der Waals surface area contributed by atoms with E-state index in [2.05, 4.69) is 16.2 Å². The number of amides is 3. The number of nitrogens with one attached hydrogen (secondary N) is 3. The van der Waals surface area contributed by atoms with Crippen molar-refractivity contribution in [1.82, 2.24) is 16.2 Å². The van der Waals surface area contributed by atoms with Gasteiger partial charge in [-0.25, -0.2) is 0 Å². The van der Waals surface area contributed by atoms with E-state index in [1.54, 1.807) is 12.1 Å². The first-order valence-corrected chi connectivity index (χ1v) is 10.7. The standard InChI is InChI=1S/C21H27N3O6S/c1-5-28-16-10-14(11-17(29-6-2)19(16)30-7-3)20(26)23-24-21(27)18-9-8-15(31-18)12-22-13(4)25/h8-11H,5-7,12H2,1-4H3,(H,22,25)(H,23,26)(H,24,27). The monoisotopic (exact) mass is 449 g/mol. The van der Waals surface area contributed by atoms with Crippen molar-refractivity contribution in [3.63, 3.8) is 0 Å². The van der Waals surface area contributed by atoms with E-state index in [1.165, 1.54) is 30.4 Å². The summed E-state index contributed by atoms with van der Waals surface area (Å²) in [5.41, 5.74) is 5.03.